The van der Waals surface area contributed by atoms with Crippen LogP contribution in [0.4, 0.5) is 0 Å². The van der Waals surface area contributed by atoms with Gasteiger partial charge < -0.3 is 29.9 Å². The lowest BCUT2D eigenvalue weighted by atomic mass is 10.1. The fraction of sp³-hybridized carbons (Fsp3) is 0.783. The highest BCUT2D eigenvalue weighted by Gasteiger charge is 2.44. The molecule has 34 heavy (non-hydrogen) atoms. The Kier molecular flexibility index (Phi) is 7.84. The second-order valence-corrected chi connectivity index (χ2v) is 9.91. The van der Waals surface area contributed by atoms with Crippen LogP contribution >= 0.6 is 0 Å². The number of hydrogen-bond acceptors (Lipinski definition) is 7. The molecule has 0 saturated carbocycles. The van der Waals surface area contributed by atoms with E-state index in [2.05, 4.69) is 5.32 Å². The molecular weight excluding hydrogens is 444 g/mol. The van der Waals surface area contributed by atoms with Crippen molar-refractivity contribution >= 4 is 29.6 Å². The maximum Gasteiger partial charge on any atom is 0.329 e. The van der Waals surface area contributed by atoms with Gasteiger partial charge >= 0.3 is 5.97 Å². The number of aliphatic hydroxyl groups is 1. The van der Waals surface area contributed by atoms with Gasteiger partial charge in [0.25, 0.3) is 0 Å². The Labute approximate surface area is 199 Å². The minimum absolute atomic E-state index is 0.0581. The Balaban J connectivity index is 1.95. The highest BCUT2D eigenvalue weighted by molar-refractivity contribution is 5.95. The summed E-state index contributed by atoms with van der Waals surface area (Å²) in [7, 11) is 1.42. The molecule has 0 radical (unpaired) electrons. The fourth-order valence-corrected chi connectivity index (χ4v) is 5.22. The van der Waals surface area contributed by atoms with Gasteiger partial charge in [-0.25, -0.2) is 4.79 Å². The average molecular weight is 481 g/mol. The van der Waals surface area contributed by atoms with Crippen LogP contribution in [0.5, 0.6) is 0 Å². The molecule has 0 aromatic carbocycles. The summed E-state index contributed by atoms with van der Waals surface area (Å²) in [6.45, 7) is 7.16. The first kappa shape index (κ1) is 25.9. The van der Waals surface area contributed by atoms with Gasteiger partial charge in [-0.05, 0) is 46.0 Å². The number of likely N-dealkylation sites (N-methyl/N-ethyl adjacent to an activating group) is 1. The van der Waals surface area contributed by atoms with Crippen LogP contribution in [0.1, 0.15) is 53.4 Å². The largest absolute Gasteiger partial charge is 0.461 e. The first-order chi connectivity index (χ1) is 15.9. The van der Waals surface area contributed by atoms with Gasteiger partial charge in [0.1, 0.15) is 30.3 Å². The molecule has 7 atom stereocenters. The smallest absolute Gasteiger partial charge is 0.329 e. The lowest BCUT2D eigenvalue weighted by Gasteiger charge is -2.35. The number of ether oxygens (including phenoxy) is 1. The van der Waals surface area contributed by atoms with E-state index >= 15 is 0 Å². The number of rotatable bonds is 1. The quantitative estimate of drug-likeness (QED) is 0.472. The minimum atomic E-state index is -1.25. The Morgan fingerprint density at radius 1 is 1.03 bits per heavy atom. The zero-order valence-corrected chi connectivity index (χ0v) is 20.5. The summed E-state index contributed by atoms with van der Waals surface area (Å²) >= 11 is 0. The predicted molar refractivity (Wildman–Crippen MR) is 120 cm³/mol. The van der Waals surface area contributed by atoms with E-state index in [4.69, 9.17) is 4.74 Å². The predicted octanol–water partition coefficient (Wildman–Crippen LogP) is -0.738. The van der Waals surface area contributed by atoms with Crippen molar-refractivity contribution in [1.82, 2.24) is 20.0 Å². The molecule has 11 nitrogen and oxygen atoms in total. The second-order valence-electron chi connectivity index (χ2n) is 9.91. The number of esters is 1. The number of aliphatic hydroxyl groups excluding tert-OH is 1. The first-order valence-electron chi connectivity index (χ1n) is 12.0. The maximum atomic E-state index is 13.3. The van der Waals surface area contributed by atoms with Crippen LogP contribution in [0.2, 0.25) is 0 Å². The fourth-order valence-electron chi connectivity index (χ4n) is 5.22. The lowest BCUT2D eigenvalue weighted by molar-refractivity contribution is -0.160. The summed E-state index contributed by atoms with van der Waals surface area (Å²) in [5, 5.41) is 12.9. The zero-order valence-electron chi connectivity index (χ0n) is 20.5. The molecular formula is C23H36N4O7. The molecule has 11 heteroatoms. The zero-order chi connectivity index (χ0) is 25.3. The molecule has 0 aromatic heterocycles. The summed E-state index contributed by atoms with van der Waals surface area (Å²) in [6.07, 6.45) is -0.552. The first-order valence-corrected chi connectivity index (χ1v) is 12.0. The summed E-state index contributed by atoms with van der Waals surface area (Å²) in [5.41, 5.74) is 0. The van der Waals surface area contributed by atoms with Crippen molar-refractivity contribution in [1.29, 1.82) is 0 Å². The number of amides is 4. The van der Waals surface area contributed by atoms with E-state index in [1.165, 1.54) is 30.7 Å². The second kappa shape index (κ2) is 10.3. The molecule has 2 N–H and O–H groups in total. The lowest BCUT2D eigenvalue weighted by Crippen LogP contribution is -2.60. The molecule has 3 aliphatic heterocycles. The highest BCUT2D eigenvalue weighted by Crippen LogP contribution is 2.27. The van der Waals surface area contributed by atoms with Crippen LogP contribution in [0.15, 0.2) is 0 Å². The molecule has 3 rings (SSSR count). The average Bonchev–Trinajstić information content (AvgIpc) is 3.38. The third-order valence-electron chi connectivity index (χ3n) is 6.92. The van der Waals surface area contributed by atoms with Crippen molar-refractivity contribution in [2.45, 2.75) is 89.8 Å². The van der Waals surface area contributed by atoms with Crippen molar-refractivity contribution in [2.24, 2.45) is 5.92 Å². The van der Waals surface area contributed by atoms with Crippen LogP contribution in [0.25, 0.3) is 0 Å². The van der Waals surface area contributed by atoms with Crippen LogP contribution in [-0.2, 0) is 28.7 Å². The Bertz CT molecular complexity index is 847. The molecule has 4 amide bonds. The van der Waals surface area contributed by atoms with E-state index in [9.17, 15) is 29.1 Å². The minimum Gasteiger partial charge on any atom is -0.461 e. The van der Waals surface area contributed by atoms with Crippen molar-refractivity contribution in [2.75, 3.05) is 20.1 Å². The summed E-state index contributed by atoms with van der Waals surface area (Å²) in [4.78, 5) is 69.4. The van der Waals surface area contributed by atoms with Gasteiger partial charge in [-0.15, -0.1) is 0 Å². The van der Waals surface area contributed by atoms with Crippen molar-refractivity contribution < 1.29 is 33.8 Å². The summed E-state index contributed by atoms with van der Waals surface area (Å²) in [5.74, 6) is -2.44. The van der Waals surface area contributed by atoms with Crippen LogP contribution in [0, 0.1) is 5.92 Å². The van der Waals surface area contributed by atoms with Gasteiger partial charge in [0.2, 0.25) is 23.6 Å². The third-order valence-corrected chi connectivity index (χ3v) is 6.92. The van der Waals surface area contributed by atoms with Crippen molar-refractivity contribution in [3.8, 4) is 0 Å². The van der Waals surface area contributed by atoms with Crippen molar-refractivity contribution in [3.05, 3.63) is 0 Å². The molecule has 0 bridgehead atoms. The monoisotopic (exact) mass is 480 g/mol. The molecule has 0 aromatic rings. The number of fused-ring (bicyclic) bond motifs is 2. The van der Waals surface area contributed by atoms with Crippen LogP contribution in [-0.4, -0.2) is 106 Å². The van der Waals surface area contributed by atoms with Gasteiger partial charge in [0.05, 0.1) is 12.5 Å². The number of carbonyl (C=O) groups excluding carboxylic acids is 5. The van der Waals surface area contributed by atoms with Gasteiger partial charge in [0.15, 0.2) is 0 Å². The van der Waals surface area contributed by atoms with Crippen molar-refractivity contribution in [3.63, 3.8) is 0 Å². The van der Waals surface area contributed by atoms with E-state index < -0.39 is 60.1 Å². The third kappa shape index (κ3) is 5.18. The number of nitrogens with zero attached hydrogens (tertiary/aromatic N) is 3. The van der Waals surface area contributed by atoms with E-state index in [0.29, 0.717) is 32.4 Å². The highest BCUT2D eigenvalue weighted by atomic mass is 16.5. The SMILES string of the molecule is CC1CC2C(=O)OC(C)CC(=O)N3CCC[C@H]3C(=O)N(C)C(C(C)O)C(=O)NC(C)C(=O)N2C1. The normalized spacial score (nSPS) is 35.1. The molecule has 0 aliphatic carbocycles. The molecule has 0 spiro atoms. The number of nitrogens with one attached hydrogen (secondary N) is 1. The Morgan fingerprint density at radius 3 is 2.35 bits per heavy atom. The standard InChI is InChI=1S/C23H36N4O7/c1-12-9-17-23(33)34-13(2)10-18(29)26-8-6-7-16(26)22(32)25(5)19(15(4)28)20(30)24-14(3)21(31)27(17)11-12/h12-17,19,28H,6-11H2,1-5H3,(H,24,30)/t12?,13?,14?,15?,16-,17?,19?/m0/s1. The van der Waals surface area contributed by atoms with E-state index in [0.717, 1.165) is 4.90 Å². The molecule has 3 saturated heterocycles. The van der Waals surface area contributed by atoms with Crippen LogP contribution < -0.4 is 5.32 Å². The molecule has 190 valence electrons. The number of cyclic esters (lactones) is 1. The maximum absolute atomic E-state index is 13.3. The topological polar surface area (TPSA) is 137 Å². The van der Waals surface area contributed by atoms with Gasteiger partial charge in [-0.3, -0.25) is 19.2 Å². The number of carbonyl (C=O) groups is 5. The Morgan fingerprint density at radius 2 is 1.71 bits per heavy atom. The van der Waals surface area contributed by atoms with Crippen LogP contribution in [0.3, 0.4) is 0 Å². The summed E-state index contributed by atoms with van der Waals surface area (Å²) < 4.78 is 5.54. The summed E-state index contributed by atoms with van der Waals surface area (Å²) in [6, 6.07) is -3.80. The number of hydrogen-bond donors (Lipinski definition) is 2. The molecule has 3 aliphatic rings. The van der Waals surface area contributed by atoms with Gasteiger partial charge in [-0.2, -0.15) is 0 Å². The molecule has 3 fully saturated rings. The van der Waals surface area contributed by atoms with E-state index in [1.807, 2.05) is 6.92 Å². The van der Waals surface area contributed by atoms with Gasteiger partial charge in [-0.1, -0.05) is 6.92 Å². The molecule has 6 unspecified atom stereocenters. The van der Waals surface area contributed by atoms with E-state index in [-0.39, 0.29) is 18.2 Å². The van der Waals surface area contributed by atoms with Gasteiger partial charge in [0, 0.05) is 20.1 Å². The molecule has 3 heterocycles. The van der Waals surface area contributed by atoms with E-state index in [1.54, 1.807) is 6.92 Å². The Hall–Kier alpha value is -2.69.